The van der Waals surface area contributed by atoms with Gasteiger partial charge in [0.2, 0.25) is 5.12 Å². The fourth-order valence-corrected chi connectivity index (χ4v) is 1.45. The largest absolute Gasteiger partial charge is 0.347 e. The Bertz CT molecular complexity index is 459. The minimum absolute atomic E-state index is 0.136. The standard InChI is InChI=1S/C8H5Cl2F2N3/c9-7-8(10,13)15-6-2-4(12)3(11)1-5(6)14-7/h1-2,15H,13H2. The van der Waals surface area contributed by atoms with E-state index in [1.807, 2.05) is 0 Å². The Morgan fingerprint density at radius 3 is 2.60 bits per heavy atom. The van der Waals surface area contributed by atoms with Crippen LogP contribution in [-0.4, -0.2) is 10.3 Å². The Hall–Kier alpha value is -0.910. The fraction of sp³-hybridized carbons (Fsp3) is 0.125. The summed E-state index contributed by atoms with van der Waals surface area (Å²) in [5, 5.41) is 0.807. The molecule has 1 aromatic rings. The van der Waals surface area contributed by atoms with E-state index in [1.165, 1.54) is 0 Å². The van der Waals surface area contributed by atoms with Gasteiger partial charge in [0.25, 0.3) is 0 Å². The van der Waals surface area contributed by atoms with E-state index in [1.54, 1.807) is 0 Å². The third-order valence-electron chi connectivity index (χ3n) is 1.87. The van der Waals surface area contributed by atoms with Crippen molar-refractivity contribution in [2.45, 2.75) is 5.12 Å². The van der Waals surface area contributed by atoms with E-state index in [9.17, 15) is 8.78 Å². The maximum Gasteiger partial charge on any atom is 0.218 e. The molecule has 1 aromatic carbocycles. The lowest BCUT2D eigenvalue weighted by atomic mass is 10.2. The van der Waals surface area contributed by atoms with Gasteiger partial charge in [-0.15, -0.1) is 0 Å². The zero-order chi connectivity index (χ0) is 11.2. The molecule has 0 saturated carbocycles. The first kappa shape index (κ1) is 10.6. The number of hydrogen-bond acceptors (Lipinski definition) is 3. The lowest BCUT2D eigenvalue weighted by Gasteiger charge is -2.27. The van der Waals surface area contributed by atoms with Crippen LogP contribution >= 0.6 is 23.2 Å². The van der Waals surface area contributed by atoms with Gasteiger partial charge in [-0.2, -0.15) is 0 Å². The molecular formula is C8H5Cl2F2N3. The van der Waals surface area contributed by atoms with Crippen LogP contribution in [0.2, 0.25) is 0 Å². The van der Waals surface area contributed by atoms with E-state index in [2.05, 4.69) is 10.3 Å². The smallest absolute Gasteiger partial charge is 0.218 e. The highest BCUT2D eigenvalue weighted by molar-refractivity contribution is 6.73. The minimum Gasteiger partial charge on any atom is -0.347 e. The van der Waals surface area contributed by atoms with Gasteiger partial charge in [0, 0.05) is 12.1 Å². The SMILES string of the molecule is NC1(Cl)Nc2cc(F)c(F)cc2N=C1Cl. The van der Waals surface area contributed by atoms with Gasteiger partial charge in [0.05, 0.1) is 11.4 Å². The van der Waals surface area contributed by atoms with Crippen LogP contribution < -0.4 is 11.1 Å². The van der Waals surface area contributed by atoms with Gasteiger partial charge >= 0.3 is 0 Å². The van der Waals surface area contributed by atoms with Gasteiger partial charge in [0.1, 0.15) is 0 Å². The van der Waals surface area contributed by atoms with E-state index in [-0.39, 0.29) is 16.5 Å². The quantitative estimate of drug-likeness (QED) is 0.550. The summed E-state index contributed by atoms with van der Waals surface area (Å²) < 4.78 is 25.7. The summed E-state index contributed by atoms with van der Waals surface area (Å²) in [6, 6.07) is 1.83. The maximum atomic E-state index is 12.9. The van der Waals surface area contributed by atoms with Crippen LogP contribution in [-0.2, 0) is 0 Å². The Labute approximate surface area is 93.9 Å². The predicted octanol–water partition coefficient (Wildman–Crippen LogP) is 2.51. The molecule has 1 unspecified atom stereocenters. The molecule has 1 aliphatic heterocycles. The van der Waals surface area contributed by atoms with E-state index in [4.69, 9.17) is 28.9 Å². The first-order valence-corrected chi connectivity index (χ1v) is 4.65. The van der Waals surface area contributed by atoms with Gasteiger partial charge in [-0.25, -0.2) is 13.8 Å². The fourth-order valence-electron chi connectivity index (χ4n) is 1.16. The van der Waals surface area contributed by atoms with Gasteiger partial charge in [-0.1, -0.05) is 23.2 Å². The summed E-state index contributed by atoms with van der Waals surface area (Å²) in [6.07, 6.45) is 0. The average molecular weight is 252 g/mol. The number of fused-ring (bicyclic) bond motifs is 1. The number of benzene rings is 1. The Morgan fingerprint density at radius 2 is 1.93 bits per heavy atom. The third kappa shape index (κ3) is 1.78. The number of hydrogen-bond donors (Lipinski definition) is 2. The van der Waals surface area contributed by atoms with E-state index in [0.717, 1.165) is 12.1 Å². The molecule has 80 valence electrons. The molecule has 1 atom stereocenters. The van der Waals surface area contributed by atoms with E-state index in [0.29, 0.717) is 0 Å². The summed E-state index contributed by atoms with van der Waals surface area (Å²) in [5.74, 6) is -2.02. The topological polar surface area (TPSA) is 50.4 Å². The number of anilines is 1. The molecule has 15 heavy (non-hydrogen) atoms. The molecule has 1 heterocycles. The van der Waals surface area contributed by atoms with Crippen molar-refractivity contribution in [1.29, 1.82) is 0 Å². The van der Waals surface area contributed by atoms with Crippen LogP contribution in [0.15, 0.2) is 17.1 Å². The van der Waals surface area contributed by atoms with Crippen molar-refractivity contribution in [3.8, 4) is 0 Å². The molecule has 0 spiro atoms. The predicted molar refractivity (Wildman–Crippen MR) is 55.7 cm³/mol. The Morgan fingerprint density at radius 1 is 1.33 bits per heavy atom. The highest BCUT2D eigenvalue weighted by Crippen LogP contribution is 2.35. The molecule has 0 aliphatic carbocycles. The monoisotopic (exact) mass is 251 g/mol. The summed E-state index contributed by atoms with van der Waals surface area (Å²) in [5.41, 5.74) is 5.84. The molecule has 0 saturated heterocycles. The van der Waals surface area contributed by atoms with Crippen LogP contribution in [0.3, 0.4) is 0 Å². The molecule has 0 aromatic heterocycles. The summed E-state index contributed by atoms with van der Waals surface area (Å²) in [6.45, 7) is 0. The molecule has 0 radical (unpaired) electrons. The molecule has 3 N–H and O–H groups in total. The number of nitrogens with two attached hydrogens (primary N) is 1. The zero-order valence-corrected chi connectivity index (χ0v) is 8.70. The molecule has 2 rings (SSSR count). The van der Waals surface area contributed by atoms with Crippen molar-refractivity contribution in [1.82, 2.24) is 0 Å². The maximum absolute atomic E-state index is 12.9. The normalized spacial score (nSPS) is 24.2. The lowest BCUT2D eigenvalue weighted by Crippen LogP contribution is -2.48. The van der Waals surface area contributed by atoms with Crippen molar-refractivity contribution < 1.29 is 8.78 Å². The number of nitrogens with one attached hydrogen (secondary N) is 1. The second-order valence-electron chi connectivity index (χ2n) is 3.02. The number of rotatable bonds is 0. The van der Waals surface area contributed by atoms with Gasteiger partial charge in [-0.3, -0.25) is 5.73 Å². The molecular weight excluding hydrogens is 247 g/mol. The molecule has 0 fully saturated rings. The second kappa shape index (κ2) is 3.30. The minimum atomic E-state index is -1.58. The van der Waals surface area contributed by atoms with Crippen LogP contribution in [0, 0.1) is 11.6 Å². The molecule has 0 amide bonds. The highest BCUT2D eigenvalue weighted by atomic mass is 35.5. The average Bonchev–Trinajstić information content (AvgIpc) is 2.11. The van der Waals surface area contributed by atoms with Gasteiger partial charge in [0.15, 0.2) is 16.8 Å². The van der Waals surface area contributed by atoms with Crippen LogP contribution in [0.4, 0.5) is 20.2 Å². The third-order valence-corrected chi connectivity index (χ3v) is 2.63. The first-order valence-electron chi connectivity index (χ1n) is 3.90. The number of alkyl halides is 1. The van der Waals surface area contributed by atoms with Crippen molar-refractivity contribution in [3.05, 3.63) is 23.8 Å². The van der Waals surface area contributed by atoms with Crippen LogP contribution in [0.1, 0.15) is 0 Å². The van der Waals surface area contributed by atoms with Crippen molar-refractivity contribution in [2.24, 2.45) is 10.7 Å². The summed E-state index contributed by atoms with van der Waals surface area (Å²) >= 11 is 11.4. The second-order valence-corrected chi connectivity index (χ2v) is 3.98. The molecule has 0 bridgehead atoms. The lowest BCUT2D eigenvalue weighted by molar-refractivity contribution is 0.509. The Kier molecular flexibility index (Phi) is 2.33. The zero-order valence-electron chi connectivity index (χ0n) is 7.19. The van der Waals surface area contributed by atoms with Crippen molar-refractivity contribution in [3.63, 3.8) is 0 Å². The molecule has 3 nitrogen and oxygen atoms in total. The van der Waals surface area contributed by atoms with Crippen molar-refractivity contribution >= 4 is 39.7 Å². The van der Waals surface area contributed by atoms with E-state index < -0.39 is 16.8 Å². The number of halogens is 4. The van der Waals surface area contributed by atoms with Gasteiger partial charge in [-0.05, 0) is 0 Å². The van der Waals surface area contributed by atoms with Crippen LogP contribution in [0.5, 0.6) is 0 Å². The number of aliphatic imine (C=N–C) groups is 1. The first-order chi connectivity index (χ1) is 6.90. The van der Waals surface area contributed by atoms with E-state index >= 15 is 0 Å². The Balaban J connectivity index is 2.58. The summed E-state index contributed by atoms with van der Waals surface area (Å²) in [7, 11) is 0. The summed E-state index contributed by atoms with van der Waals surface area (Å²) in [4.78, 5) is 3.76. The molecule has 1 aliphatic rings. The van der Waals surface area contributed by atoms with Gasteiger partial charge < -0.3 is 5.32 Å². The molecule has 7 heteroatoms. The van der Waals surface area contributed by atoms with Crippen molar-refractivity contribution in [2.75, 3.05) is 5.32 Å². The van der Waals surface area contributed by atoms with Crippen LogP contribution in [0.25, 0.3) is 0 Å². The number of nitrogens with zero attached hydrogens (tertiary/aromatic N) is 1. The highest BCUT2D eigenvalue weighted by Gasteiger charge is 2.32.